The van der Waals surface area contributed by atoms with Crippen LogP contribution in [-0.4, -0.2) is 60.0 Å². The Hall–Kier alpha value is -2.72. The fraction of sp³-hybridized carbons (Fsp3) is 0.211. The summed E-state index contributed by atoms with van der Waals surface area (Å²) < 4.78 is 0. The monoisotopic (exact) mass is 490 g/mol. The third kappa shape index (κ3) is 7.48. The van der Waals surface area contributed by atoms with Gasteiger partial charge in [0.25, 0.3) is 5.91 Å². The quantitative estimate of drug-likeness (QED) is 0.312. The molecule has 0 aromatic heterocycles. The summed E-state index contributed by atoms with van der Waals surface area (Å²) >= 11 is 11.6. The van der Waals surface area contributed by atoms with Crippen LogP contribution in [0.4, 0.5) is 11.4 Å². The number of benzene rings is 2. The zero-order valence-corrected chi connectivity index (χ0v) is 18.9. The first kappa shape index (κ1) is 26.3. The highest BCUT2D eigenvalue weighted by atomic mass is 35.5. The van der Waals surface area contributed by atoms with Gasteiger partial charge in [-0.3, -0.25) is 14.4 Å². The molecule has 0 aliphatic heterocycles. The number of halogens is 3. The average molecular weight is 492 g/mol. The summed E-state index contributed by atoms with van der Waals surface area (Å²) in [5.41, 5.74) is -0.115. The number of nitrogens with zero attached hydrogens (tertiary/aromatic N) is 1. The van der Waals surface area contributed by atoms with Crippen molar-refractivity contribution in [3.8, 4) is 11.5 Å². The van der Waals surface area contributed by atoms with E-state index in [0.717, 1.165) is 0 Å². The van der Waals surface area contributed by atoms with Gasteiger partial charge in [0.2, 0.25) is 0 Å². The van der Waals surface area contributed by atoms with E-state index >= 15 is 0 Å². The predicted octanol–water partition coefficient (Wildman–Crippen LogP) is 2.69. The van der Waals surface area contributed by atoms with Gasteiger partial charge in [-0.05, 0) is 44.4 Å². The standard InChI is InChI=1S/C19H20Cl2N4O5.ClH/c1-25(2)6-5-22-17(28)10-3-4-15(26)13(7-10)23-18(29)19(30)24-14-9-11(20)8-12(21)16(14)27;/h3-4,7-9,26-27H,5-6H2,1-2H3,(H,22,28)(H,23,29)(H,24,30);1H. The van der Waals surface area contributed by atoms with Gasteiger partial charge in [-0.1, -0.05) is 23.2 Å². The Labute approximate surface area is 194 Å². The van der Waals surface area contributed by atoms with Crippen molar-refractivity contribution in [1.82, 2.24) is 10.2 Å². The smallest absolute Gasteiger partial charge is 0.314 e. The Bertz CT molecular complexity index is 985. The summed E-state index contributed by atoms with van der Waals surface area (Å²) in [4.78, 5) is 38.4. The molecule has 0 heterocycles. The van der Waals surface area contributed by atoms with Crippen molar-refractivity contribution in [3.63, 3.8) is 0 Å². The van der Waals surface area contributed by atoms with Crippen molar-refractivity contribution in [2.24, 2.45) is 0 Å². The van der Waals surface area contributed by atoms with E-state index in [0.29, 0.717) is 13.1 Å². The van der Waals surface area contributed by atoms with Crippen LogP contribution < -0.4 is 16.0 Å². The molecule has 2 aromatic carbocycles. The summed E-state index contributed by atoms with van der Waals surface area (Å²) in [7, 11) is 3.73. The van der Waals surface area contributed by atoms with Crippen LogP contribution in [0.1, 0.15) is 10.4 Å². The SMILES string of the molecule is CN(C)CCNC(=O)c1ccc(O)c(NC(=O)C(=O)Nc2cc(Cl)cc(Cl)c2O)c1.Cl. The number of amides is 3. The van der Waals surface area contributed by atoms with Crippen LogP contribution in [0.15, 0.2) is 30.3 Å². The normalized spacial score (nSPS) is 10.2. The highest BCUT2D eigenvalue weighted by molar-refractivity contribution is 6.44. The zero-order valence-electron chi connectivity index (χ0n) is 16.5. The highest BCUT2D eigenvalue weighted by Gasteiger charge is 2.19. The molecule has 0 atom stereocenters. The number of hydrogen-bond donors (Lipinski definition) is 5. The lowest BCUT2D eigenvalue weighted by Crippen LogP contribution is -2.31. The Morgan fingerprint density at radius 2 is 1.58 bits per heavy atom. The molecule has 5 N–H and O–H groups in total. The molecule has 0 aliphatic carbocycles. The molecule has 168 valence electrons. The fourth-order valence-corrected chi connectivity index (χ4v) is 2.79. The van der Waals surface area contributed by atoms with E-state index in [1.165, 1.54) is 30.3 Å². The maximum absolute atomic E-state index is 12.2. The minimum atomic E-state index is -1.15. The van der Waals surface area contributed by atoms with Crippen LogP contribution in [0.25, 0.3) is 0 Å². The second-order valence-corrected chi connectivity index (χ2v) is 7.33. The minimum absolute atomic E-state index is 0. The Balaban J connectivity index is 0.00000480. The van der Waals surface area contributed by atoms with Gasteiger partial charge >= 0.3 is 11.8 Å². The summed E-state index contributed by atoms with van der Waals surface area (Å²) in [6.45, 7) is 1.04. The molecular formula is C19H21Cl3N4O5. The van der Waals surface area contributed by atoms with Crippen molar-refractivity contribution in [2.45, 2.75) is 0 Å². The lowest BCUT2D eigenvalue weighted by atomic mass is 10.1. The second kappa shape index (κ2) is 11.6. The van der Waals surface area contributed by atoms with E-state index in [1.807, 2.05) is 19.0 Å². The first-order valence-corrected chi connectivity index (χ1v) is 9.40. The summed E-state index contributed by atoms with van der Waals surface area (Å²) in [6.07, 6.45) is 0. The molecule has 2 aromatic rings. The van der Waals surface area contributed by atoms with E-state index in [1.54, 1.807) is 0 Å². The van der Waals surface area contributed by atoms with Crippen molar-refractivity contribution in [2.75, 3.05) is 37.8 Å². The number of rotatable bonds is 6. The van der Waals surface area contributed by atoms with Crippen LogP contribution >= 0.6 is 35.6 Å². The van der Waals surface area contributed by atoms with E-state index < -0.39 is 23.5 Å². The van der Waals surface area contributed by atoms with Gasteiger partial charge < -0.3 is 31.1 Å². The number of aromatic hydroxyl groups is 2. The average Bonchev–Trinajstić information content (AvgIpc) is 2.66. The molecule has 0 aliphatic rings. The minimum Gasteiger partial charge on any atom is -0.506 e. The predicted molar refractivity (Wildman–Crippen MR) is 122 cm³/mol. The molecule has 12 heteroatoms. The molecule has 31 heavy (non-hydrogen) atoms. The lowest BCUT2D eigenvalue weighted by Gasteiger charge is -2.12. The number of nitrogens with one attached hydrogen (secondary N) is 3. The van der Waals surface area contributed by atoms with E-state index in [4.69, 9.17) is 23.2 Å². The Morgan fingerprint density at radius 3 is 2.19 bits per heavy atom. The number of carbonyl (C=O) groups excluding carboxylic acids is 3. The first-order chi connectivity index (χ1) is 14.1. The third-order valence-electron chi connectivity index (χ3n) is 3.83. The van der Waals surface area contributed by atoms with E-state index in [-0.39, 0.29) is 45.1 Å². The van der Waals surface area contributed by atoms with Crippen molar-refractivity contribution in [1.29, 1.82) is 0 Å². The molecule has 0 radical (unpaired) electrons. The number of hydrogen-bond acceptors (Lipinski definition) is 6. The van der Waals surface area contributed by atoms with Gasteiger partial charge in [-0.15, -0.1) is 12.4 Å². The van der Waals surface area contributed by atoms with Crippen LogP contribution in [0.3, 0.4) is 0 Å². The van der Waals surface area contributed by atoms with Crippen LogP contribution in [0, 0.1) is 0 Å². The van der Waals surface area contributed by atoms with Crippen LogP contribution in [-0.2, 0) is 9.59 Å². The maximum atomic E-state index is 12.2. The van der Waals surface area contributed by atoms with Crippen LogP contribution in [0.5, 0.6) is 11.5 Å². The molecule has 0 saturated carbocycles. The number of anilines is 2. The third-order valence-corrected chi connectivity index (χ3v) is 4.34. The fourth-order valence-electron chi connectivity index (χ4n) is 2.29. The molecule has 0 bridgehead atoms. The molecule has 3 amide bonds. The van der Waals surface area contributed by atoms with Gasteiger partial charge in [0.1, 0.15) is 5.75 Å². The summed E-state index contributed by atoms with van der Waals surface area (Å²) in [6, 6.07) is 6.31. The largest absolute Gasteiger partial charge is 0.506 e. The number of phenolic OH excluding ortho intramolecular Hbond substituents is 2. The number of phenols is 2. The molecule has 9 nitrogen and oxygen atoms in total. The highest BCUT2D eigenvalue weighted by Crippen LogP contribution is 2.35. The first-order valence-electron chi connectivity index (χ1n) is 8.64. The molecule has 0 fully saturated rings. The lowest BCUT2D eigenvalue weighted by molar-refractivity contribution is -0.133. The Kier molecular flexibility index (Phi) is 9.86. The zero-order chi connectivity index (χ0) is 22.4. The van der Waals surface area contributed by atoms with Gasteiger partial charge in [-0.2, -0.15) is 0 Å². The number of likely N-dealkylation sites (N-methyl/N-ethyl adjacent to an activating group) is 1. The van der Waals surface area contributed by atoms with Crippen molar-refractivity contribution in [3.05, 3.63) is 45.9 Å². The van der Waals surface area contributed by atoms with Gasteiger partial charge in [0.05, 0.1) is 16.4 Å². The van der Waals surface area contributed by atoms with E-state index in [9.17, 15) is 24.6 Å². The molecule has 0 saturated heterocycles. The second-order valence-electron chi connectivity index (χ2n) is 6.48. The van der Waals surface area contributed by atoms with Crippen LogP contribution in [0.2, 0.25) is 10.0 Å². The van der Waals surface area contributed by atoms with Gasteiger partial charge in [-0.25, -0.2) is 0 Å². The van der Waals surface area contributed by atoms with Crippen molar-refractivity contribution < 1.29 is 24.6 Å². The summed E-state index contributed by atoms with van der Waals surface area (Å²) in [5, 5.41) is 26.9. The topological polar surface area (TPSA) is 131 Å². The number of carbonyl (C=O) groups is 3. The van der Waals surface area contributed by atoms with Gasteiger partial charge in [0, 0.05) is 23.7 Å². The van der Waals surface area contributed by atoms with Crippen molar-refractivity contribution >= 4 is 64.7 Å². The molecule has 2 rings (SSSR count). The molecular weight excluding hydrogens is 471 g/mol. The Morgan fingerprint density at radius 1 is 0.968 bits per heavy atom. The van der Waals surface area contributed by atoms with E-state index in [2.05, 4.69) is 16.0 Å². The molecule has 0 spiro atoms. The summed E-state index contributed by atoms with van der Waals surface area (Å²) in [5.74, 6) is -3.50. The molecule has 0 unspecified atom stereocenters. The van der Waals surface area contributed by atoms with Gasteiger partial charge in [0.15, 0.2) is 5.75 Å². The maximum Gasteiger partial charge on any atom is 0.314 e.